The second-order valence-corrected chi connectivity index (χ2v) is 15.8. The number of rotatable bonds is 7. The fourth-order valence-electron chi connectivity index (χ4n) is 11.0. The lowest BCUT2D eigenvalue weighted by Gasteiger charge is -2.65. The highest BCUT2D eigenvalue weighted by Gasteiger charge is 2.71. The second-order valence-electron chi connectivity index (χ2n) is 15.8. The molecular formula is C34H50O15. The molecule has 17 atom stereocenters. The average Bonchev–Trinajstić information content (AvgIpc) is 3.63. The van der Waals surface area contributed by atoms with Crippen LogP contribution in [0.3, 0.4) is 0 Å². The van der Waals surface area contributed by atoms with Crippen molar-refractivity contribution in [1.82, 2.24) is 0 Å². The molecule has 276 valence electrons. The Morgan fingerprint density at radius 2 is 1.63 bits per heavy atom. The number of esters is 1. The third-order valence-electron chi connectivity index (χ3n) is 13.7. The molecule has 0 amide bonds. The van der Waals surface area contributed by atoms with Crippen molar-refractivity contribution < 1.29 is 74.1 Å². The third-order valence-corrected chi connectivity index (χ3v) is 13.7. The van der Waals surface area contributed by atoms with Crippen LogP contribution in [0.15, 0.2) is 11.6 Å². The van der Waals surface area contributed by atoms with E-state index in [1.54, 1.807) is 6.08 Å². The van der Waals surface area contributed by atoms with E-state index >= 15 is 0 Å². The Hall–Kier alpha value is -1.60. The predicted molar refractivity (Wildman–Crippen MR) is 163 cm³/mol. The maximum Gasteiger partial charge on any atom is 0.331 e. The van der Waals surface area contributed by atoms with Crippen LogP contribution in [0.25, 0.3) is 0 Å². The Morgan fingerprint density at radius 1 is 0.898 bits per heavy atom. The summed E-state index contributed by atoms with van der Waals surface area (Å²) in [5.41, 5.74) is -3.27. The molecule has 8 N–H and O–H groups in total. The lowest BCUT2D eigenvalue weighted by molar-refractivity contribution is -0.356. The molecule has 4 aliphatic carbocycles. The minimum atomic E-state index is -1.68. The quantitative estimate of drug-likeness (QED) is 0.0830. The summed E-state index contributed by atoms with van der Waals surface area (Å²) in [7, 11) is 0. The number of cyclic esters (lactones) is 1. The number of hydrogen-bond acceptors (Lipinski definition) is 15. The first-order valence-electron chi connectivity index (χ1n) is 17.6. The average molecular weight is 699 g/mol. The van der Waals surface area contributed by atoms with Crippen LogP contribution >= 0.6 is 0 Å². The summed E-state index contributed by atoms with van der Waals surface area (Å²) >= 11 is 0. The Kier molecular flexibility index (Phi) is 9.36. The first-order valence-corrected chi connectivity index (χ1v) is 17.6. The molecule has 6 fully saturated rings. The van der Waals surface area contributed by atoms with Crippen LogP contribution in [0.1, 0.15) is 64.7 Å². The van der Waals surface area contributed by atoms with E-state index in [1.807, 2.05) is 0 Å². The molecule has 0 aromatic heterocycles. The lowest BCUT2D eigenvalue weighted by Crippen LogP contribution is -2.69. The van der Waals surface area contributed by atoms with Gasteiger partial charge in [0.2, 0.25) is 0 Å². The van der Waals surface area contributed by atoms with E-state index in [0.29, 0.717) is 38.5 Å². The van der Waals surface area contributed by atoms with Crippen molar-refractivity contribution in [2.24, 2.45) is 28.6 Å². The molecule has 0 aromatic carbocycles. The summed E-state index contributed by atoms with van der Waals surface area (Å²) in [6.45, 7) is 1.30. The number of ether oxygens (including phenoxy) is 5. The monoisotopic (exact) mass is 698 g/mol. The Balaban J connectivity index is 1.04. The van der Waals surface area contributed by atoms with Crippen LogP contribution < -0.4 is 0 Å². The van der Waals surface area contributed by atoms with Crippen LogP contribution in [-0.4, -0.2) is 146 Å². The number of fused-ring (bicyclic) bond motifs is 5. The van der Waals surface area contributed by atoms with Gasteiger partial charge in [-0.15, -0.1) is 0 Å². The minimum absolute atomic E-state index is 0.00760. The fraction of sp³-hybridized carbons (Fsp3) is 0.882. The van der Waals surface area contributed by atoms with Crippen LogP contribution in [0.5, 0.6) is 0 Å². The van der Waals surface area contributed by atoms with E-state index in [4.69, 9.17) is 23.7 Å². The van der Waals surface area contributed by atoms with Gasteiger partial charge in [0.1, 0.15) is 55.6 Å². The lowest BCUT2D eigenvalue weighted by atomic mass is 9.41. The van der Waals surface area contributed by atoms with E-state index < -0.39 is 90.1 Å². The molecule has 7 aliphatic rings. The van der Waals surface area contributed by atoms with E-state index in [9.17, 15) is 50.4 Å². The number of aldehydes is 1. The van der Waals surface area contributed by atoms with Gasteiger partial charge in [0.25, 0.3) is 0 Å². The summed E-state index contributed by atoms with van der Waals surface area (Å²) in [4.78, 5) is 25.0. The number of hydrogen-bond donors (Lipinski definition) is 8. The molecule has 0 radical (unpaired) electrons. The SMILES string of the molecule is C[C@]12CC[C@H]3[C@@H](CC[C@]4(O)C[C@@H](O[C@@H]5O[C@H](CO)[C@@H](O[C@@H]6OC[C@@H](O)[C@H](O)[C@H]6O)[C@H](O)[C@H]5O)CC[C@]34C=O)[C@@]1(O)CC[C@@H]2C1=CC(=O)OC1. The van der Waals surface area contributed by atoms with Crippen LogP contribution in [0, 0.1) is 28.6 Å². The molecule has 0 unspecified atom stereocenters. The highest BCUT2D eigenvalue weighted by molar-refractivity contribution is 5.85. The maximum atomic E-state index is 13.2. The topological polar surface area (TPSA) is 242 Å². The second kappa shape index (κ2) is 12.8. The largest absolute Gasteiger partial charge is 0.458 e. The summed E-state index contributed by atoms with van der Waals surface area (Å²) in [5.74, 6) is -0.869. The molecule has 0 bridgehead atoms. The van der Waals surface area contributed by atoms with E-state index in [1.165, 1.54) is 0 Å². The molecule has 0 spiro atoms. The molecule has 3 heterocycles. The van der Waals surface area contributed by atoms with Gasteiger partial charge in [0.15, 0.2) is 12.6 Å². The van der Waals surface area contributed by atoms with E-state index in [0.717, 1.165) is 11.9 Å². The summed E-state index contributed by atoms with van der Waals surface area (Å²) in [6.07, 6.45) is -7.88. The molecule has 15 nitrogen and oxygen atoms in total. The zero-order valence-corrected chi connectivity index (χ0v) is 27.6. The summed E-state index contributed by atoms with van der Waals surface area (Å²) < 4.78 is 28.0. The number of aliphatic hydroxyl groups is 8. The van der Waals surface area contributed by atoms with Gasteiger partial charge in [-0.2, -0.15) is 0 Å². The van der Waals surface area contributed by atoms with Crippen molar-refractivity contribution in [2.75, 3.05) is 19.8 Å². The Morgan fingerprint density at radius 3 is 2.33 bits per heavy atom. The molecule has 15 heteroatoms. The smallest absolute Gasteiger partial charge is 0.331 e. The van der Waals surface area contributed by atoms with Gasteiger partial charge >= 0.3 is 5.97 Å². The molecule has 7 rings (SSSR count). The normalized spacial score (nSPS) is 54.3. The third kappa shape index (κ3) is 5.38. The zero-order valence-electron chi connectivity index (χ0n) is 27.6. The van der Waals surface area contributed by atoms with Gasteiger partial charge in [-0.3, -0.25) is 0 Å². The summed E-state index contributed by atoms with van der Waals surface area (Å²) in [5, 5.41) is 86.8. The highest BCUT2D eigenvalue weighted by atomic mass is 16.7. The fourth-order valence-corrected chi connectivity index (χ4v) is 11.0. The molecule has 3 aliphatic heterocycles. The Bertz CT molecular complexity index is 1310. The zero-order chi connectivity index (χ0) is 35.1. The van der Waals surface area contributed by atoms with Crippen molar-refractivity contribution >= 4 is 12.3 Å². The van der Waals surface area contributed by atoms with Crippen molar-refractivity contribution in [3.63, 3.8) is 0 Å². The van der Waals surface area contributed by atoms with Crippen molar-refractivity contribution in [1.29, 1.82) is 0 Å². The molecule has 0 aromatic rings. The molecule has 49 heavy (non-hydrogen) atoms. The number of carbonyl (C=O) groups excluding carboxylic acids is 2. The first kappa shape index (κ1) is 35.8. The van der Waals surface area contributed by atoms with Crippen molar-refractivity contribution in [3.05, 3.63) is 11.6 Å². The van der Waals surface area contributed by atoms with E-state index in [2.05, 4.69) is 6.92 Å². The highest BCUT2D eigenvalue weighted by Crippen LogP contribution is 2.70. The first-order chi connectivity index (χ1) is 23.2. The van der Waals surface area contributed by atoms with Gasteiger partial charge in [-0.05, 0) is 74.7 Å². The molecule has 2 saturated heterocycles. The van der Waals surface area contributed by atoms with Crippen molar-refractivity contribution in [3.8, 4) is 0 Å². The van der Waals surface area contributed by atoms with Crippen LogP contribution in [0.4, 0.5) is 0 Å². The standard InChI is InChI=1S/C34H50O15/c1-31-6-3-19-20(34(31,44)9-5-18(31)16-10-23(38)45-13-16)4-8-33(43)11-17(2-7-32(19,33)15-36)47-30-27(42)25(40)28(22(12-35)48-30)49-29-26(41)24(39)21(37)14-46-29/h10,15,17-22,24-30,35,37,39-44H,2-9,11-14H2,1H3/t17-,18+,19-,20+,21+,22+,24-,25+,26+,27+,28+,29-,30+,31+,32-,33-,34-/m0/s1. The van der Waals surface area contributed by atoms with Gasteiger partial charge in [0.05, 0.1) is 35.9 Å². The maximum absolute atomic E-state index is 13.2. The molecular weight excluding hydrogens is 648 g/mol. The number of aliphatic hydroxyl groups excluding tert-OH is 6. The van der Waals surface area contributed by atoms with Crippen LogP contribution in [-0.2, 0) is 33.3 Å². The van der Waals surface area contributed by atoms with Gasteiger partial charge in [-0.1, -0.05) is 6.92 Å². The van der Waals surface area contributed by atoms with Gasteiger partial charge in [0, 0.05) is 17.9 Å². The van der Waals surface area contributed by atoms with E-state index in [-0.39, 0.29) is 56.2 Å². The number of carbonyl (C=O) groups is 2. The van der Waals surface area contributed by atoms with Gasteiger partial charge < -0.3 is 69.3 Å². The Labute approximate surface area is 283 Å². The van der Waals surface area contributed by atoms with Crippen molar-refractivity contribution in [2.45, 2.75) is 137 Å². The predicted octanol–water partition coefficient (Wildman–Crippen LogP) is -1.81. The summed E-state index contributed by atoms with van der Waals surface area (Å²) in [6, 6.07) is 0. The molecule has 4 saturated carbocycles. The minimum Gasteiger partial charge on any atom is -0.458 e. The van der Waals surface area contributed by atoms with Gasteiger partial charge in [-0.25, -0.2) is 4.79 Å². The van der Waals surface area contributed by atoms with Crippen LogP contribution in [0.2, 0.25) is 0 Å².